The Bertz CT molecular complexity index is 3220. The molecule has 4 aromatic carbocycles. The Balaban J connectivity index is 0.943. The van der Waals surface area contributed by atoms with Crippen molar-refractivity contribution in [1.82, 2.24) is 19.9 Å². The number of pyridine rings is 2. The van der Waals surface area contributed by atoms with E-state index in [4.69, 9.17) is 9.97 Å². The van der Waals surface area contributed by atoms with Crippen molar-refractivity contribution < 1.29 is 53.5 Å². The van der Waals surface area contributed by atoms with Crippen LogP contribution in [0.25, 0.3) is 71.4 Å². The molecule has 0 bridgehead atoms. The van der Waals surface area contributed by atoms with Crippen LogP contribution in [0.1, 0.15) is 32.1 Å². The lowest BCUT2D eigenvalue weighted by atomic mass is 10.0. The molecule has 0 radical (unpaired) electrons. The first-order chi connectivity index (χ1) is 28.7. The molecule has 6 aromatic heterocycles. The minimum absolute atomic E-state index is 0.263. The van der Waals surface area contributed by atoms with Crippen molar-refractivity contribution >= 4 is 109 Å². The predicted octanol–water partition coefficient (Wildman–Crippen LogP) is 12.5. The minimum Gasteiger partial charge on any atom is -0.287 e. The third-order valence-electron chi connectivity index (χ3n) is 9.38. The zero-order chi connectivity index (χ0) is 42.0. The van der Waals surface area contributed by atoms with E-state index in [0.717, 1.165) is 55.0 Å². The average molecular weight is 897 g/mol. The summed E-state index contributed by atoms with van der Waals surface area (Å²) >= 11 is 4.94. The first-order valence-electron chi connectivity index (χ1n) is 16.8. The zero-order valence-electron chi connectivity index (χ0n) is 28.8. The van der Waals surface area contributed by atoms with Gasteiger partial charge in [0.25, 0.3) is 0 Å². The Hall–Kier alpha value is -6.22. The number of carbonyl (C=O) groups excluding carboxylic acids is 2. The molecule has 6 heterocycles. The van der Waals surface area contributed by atoms with Crippen LogP contribution in [0.3, 0.4) is 0 Å². The fraction of sp³-hybridized carbons (Fsp3) is 0. The zero-order valence-corrected chi connectivity index (χ0v) is 32.1. The molecule has 20 heteroatoms. The van der Waals surface area contributed by atoms with Crippen molar-refractivity contribution in [1.29, 1.82) is 0 Å². The lowest BCUT2D eigenvalue weighted by molar-refractivity contribution is 0.101. The number of benzene rings is 4. The normalized spacial score (nSPS) is 12.0. The summed E-state index contributed by atoms with van der Waals surface area (Å²) in [5.74, 6) is -25.7. The monoisotopic (exact) mass is 896 g/mol. The lowest BCUT2D eigenvalue weighted by Crippen LogP contribution is -2.14. The fourth-order valence-corrected chi connectivity index (χ4v) is 10.6. The van der Waals surface area contributed by atoms with Gasteiger partial charge >= 0.3 is 0 Å². The van der Waals surface area contributed by atoms with Gasteiger partial charge < -0.3 is 0 Å². The summed E-state index contributed by atoms with van der Waals surface area (Å²) < 4.78 is 141. The van der Waals surface area contributed by atoms with E-state index in [1.165, 1.54) is 34.8 Å². The van der Waals surface area contributed by atoms with E-state index in [9.17, 15) is 53.5 Å². The van der Waals surface area contributed by atoms with Crippen molar-refractivity contribution in [3.63, 3.8) is 0 Å². The van der Waals surface area contributed by atoms with Crippen molar-refractivity contribution in [2.75, 3.05) is 0 Å². The number of thiophene rings is 2. The number of fused-ring (bicyclic) bond motifs is 5. The van der Waals surface area contributed by atoms with Crippen LogP contribution < -0.4 is 0 Å². The second-order valence-electron chi connectivity index (χ2n) is 13.0. The van der Waals surface area contributed by atoms with Gasteiger partial charge in [-0.2, -0.15) is 0 Å². The van der Waals surface area contributed by atoms with Crippen LogP contribution in [0.5, 0.6) is 0 Å². The summed E-state index contributed by atoms with van der Waals surface area (Å²) in [7, 11) is 0. The summed E-state index contributed by atoms with van der Waals surface area (Å²) in [6, 6.07) is 16.3. The van der Waals surface area contributed by atoms with E-state index in [2.05, 4.69) is 9.97 Å². The van der Waals surface area contributed by atoms with E-state index in [1.54, 1.807) is 12.1 Å². The van der Waals surface area contributed by atoms with Crippen LogP contribution in [0.2, 0.25) is 0 Å². The smallest absolute Gasteiger partial charge is 0.217 e. The molecule has 0 aliphatic heterocycles. The molecule has 10 rings (SSSR count). The van der Waals surface area contributed by atoms with E-state index >= 15 is 0 Å². The molecule has 10 aromatic rings. The molecule has 0 fully saturated rings. The summed E-state index contributed by atoms with van der Waals surface area (Å²) in [5.41, 5.74) is -2.94. The van der Waals surface area contributed by atoms with Crippen LogP contribution in [0.4, 0.5) is 43.9 Å². The van der Waals surface area contributed by atoms with Gasteiger partial charge in [-0.15, -0.1) is 45.3 Å². The number of aromatic nitrogens is 4. The maximum Gasteiger partial charge on any atom is 0.217 e. The first-order valence-corrected chi connectivity index (χ1v) is 20.0. The topological polar surface area (TPSA) is 85.7 Å². The predicted molar refractivity (Wildman–Crippen MR) is 207 cm³/mol. The molecule has 0 unspecified atom stereocenters. The number of thiazole rings is 2. The number of carbonyl (C=O) groups is 2. The standard InChI is InChI=1S/C40H10F10N4O2S4/c41-25-23(26(42)30(46)33(49)29(25)45)35(55)15-3-1-11-7-21(59-37(11)51-15)39-53-17-5-13-10-20-18(6-14(13)9-19(17)57-39)54-40(58-20)22-8-12-2-4-16(52-38(12)60-22)36(56)24-27(43)31(47)34(50)32(48)28(24)44/h1-10H. The van der Waals surface area contributed by atoms with Crippen molar-refractivity contribution in [2.24, 2.45) is 0 Å². The molecule has 0 saturated carbocycles. The van der Waals surface area contributed by atoms with Gasteiger partial charge in [0.2, 0.25) is 23.2 Å². The van der Waals surface area contributed by atoms with Crippen LogP contribution in [0, 0.1) is 58.2 Å². The highest BCUT2D eigenvalue weighted by molar-refractivity contribution is 7.28. The molecule has 6 nitrogen and oxygen atoms in total. The van der Waals surface area contributed by atoms with E-state index in [-0.39, 0.29) is 9.66 Å². The number of rotatable bonds is 6. The SMILES string of the molecule is O=C(c1ccc2cc(-c3nc4cc5cc6sc(-c7cc8ccc(C(=O)c9c(F)c(F)c(F)c(F)c9F)nc8s7)nc6cc5cc4s3)sc2n1)c1c(F)c(F)c(F)c(F)c1F. The third kappa shape index (κ3) is 5.80. The van der Waals surface area contributed by atoms with Gasteiger partial charge in [-0.05, 0) is 71.4 Å². The van der Waals surface area contributed by atoms with E-state index in [0.29, 0.717) is 41.6 Å². The third-order valence-corrected chi connectivity index (χ3v) is 13.8. The van der Waals surface area contributed by atoms with Gasteiger partial charge in [0.05, 0.1) is 30.2 Å². The highest BCUT2D eigenvalue weighted by Crippen LogP contribution is 2.42. The Morgan fingerprint density at radius 1 is 0.383 bits per heavy atom. The molecule has 296 valence electrons. The molecule has 0 aliphatic rings. The van der Waals surface area contributed by atoms with Gasteiger partial charge in [-0.1, -0.05) is 0 Å². The van der Waals surface area contributed by atoms with Crippen molar-refractivity contribution in [3.05, 3.63) is 141 Å². The molecular formula is C40H10F10N4O2S4. The molecule has 0 spiro atoms. The second kappa shape index (κ2) is 13.7. The Labute approximate surface area is 341 Å². The summed E-state index contributed by atoms with van der Waals surface area (Å²) in [5, 5.41) is 3.95. The Morgan fingerprint density at radius 3 is 1.10 bits per heavy atom. The van der Waals surface area contributed by atoms with E-state index in [1.807, 2.05) is 24.3 Å². The fourth-order valence-electron chi connectivity index (χ4n) is 6.47. The average Bonchev–Trinajstić information content (AvgIpc) is 4.05. The molecule has 0 aliphatic carbocycles. The maximum absolute atomic E-state index is 14.4. The number of ketones is 2. The highest BCUT2D eigenvalue weighted by atomic mass is 32.1. The quantitative estimate of drug-likeness (QED) is 0.0715. The molecule has 60 heavy (non-hydrogen) atoms. The molecule has 0 N–H and O–H groups in total. The number of hydrogen-bond donors (Lipinski definition) is 0. The summed E-state index contributed by atoms with van der Waals surface area (Å²) in [4.78, 5) is 45.5. The van der Waals surface area contributed by atoms with Gasteiger partial charge in [0.15, 0.2) is 46.5 Å². The highest BCUT2D eigenvalue weighted by Gasteiger charge is 2.32. The molecule has 0 saturated heterocycles. The lowest BCUT2D eigenvalue weighted by Gasteiger charge is -2.07. The van der Waals surface area contributed by atoms with Crippen LogP contribution in [0.15, 0.2) is 60.7 Å². The van der Waals surface area contributed by atoms with Gasteiger partial charge in [-0.3, -0.25) is 9.59 Å². The summed E-state index contributed by atoms with van der Waals surface area (Å²) in [6.07, 6.45) is 0. The second-order valence-corrected chi connectivity index (χ2v) is 17.1. The Morgan fingerprint density at radius 2 is 0.733 bits per heavy atom. The molecule has 0 amide bonds. The van der Waals surface area contributed by atoms with Gasteiger partial charge in [0, 0.05) is 10.8 Å². The van der Waals surface area contributed by atoms with Gasteiger partial charge in [-0.25, -0.2) is 63.8 Å². The first kappa shape index (κ1) is 38.0. The van der Waals surface area contributed by atoms with Crippen LogP contribution in [-0.2, 0) is 0 Å². The molecular weight excluding hydrogens is 887 g/mol. The van der Waals surface area contributed by atoms with Crippen molar-refractivity contribution in [3.8, 4) is 19.8 Å². The molecule has 0 atom stereocenters. The van der Waals surface area contributed by atoms with Crippen LogP contribution in [-0.4, -0.2) is 31.5 Å². The minimum atomic E-state index is -2.38. The largest absolute Gasteiger partial charge is 0.287 e. The van der Waals surface area contributed by atoms with Gasteiger partial charge in [0.1, 0.15) is 42.2 Å². The number of halogens is 10. The van der Waals surface area contributed by atoms with Crippen molar-refractivity contribution in [2.45, 2.75) is 0 Å². The number of nitrogens with zero attached hydrogens (tertiary/aromatic N) is 4. The summed E-state index contributed by atoms with van der Waals surface area (Å²) in [6.45, 7) is 0. The Kier molecular flexibility index (Phi) is 8.65. The van der Waals surface area contributed by atoms with E-state index < -0.39 is 92.3 Å². The number of hydrogen-bond acceptors (Lipinski definition) is 10. The van der Waals surface area contributed by atoms with Crippen LogP contribution >= 0.6 is 45.3 Å². The maximum atomic E-state index is 14.4.